The molecule has 1 aliphatic heterocycles. The van der Waals surface area contributed by atoms with Gasteiger partial charge in [0, 0.05) is 13.1 Å². The monoisotopic (exact) mass is 572 g/mol. The summed E-state index contributed by atoms with van der Waals surface area (Å²) in [6.07, 6.45) is 7.83. The molecule has 4 fully saturated rings. The number of alkyl carbamates (subject to hydrolysis) is 1. The van der Waals surface area contributed by atoms with Crippen molar-refractivity contribution in [1.82, 2.24) is 20.9 Å². The van der Waals surface area contributed by atoms with E-state index in [1.165, 1.54) is 6.08 Å². The molecule has 10 heteroatoms. The van der Waals surface area contributed by atoms with Crippen LogP contribution in [0.25, 0.3) is 0 Å². The van der Waals surface area contributed by atoms with Crippen molar-refractivity contribution >= 4 is 29.6 Å². The van der Waals surface area contributed by atoms with Gasteiger partial charge in [0.25, 0.3) is 5.91 Å². The van der Waals surface area contributed by atoms with Crippen LogP contribution < -0.4 is 16.0 Å². The number of nitrogens with one attached hydrogen (secondary N) is 3. The first-order valence-electron chi connectivity index (χ1n) is 15.3. The normalized spacial score (nSPS) is 26.7. The van der Waals surface area contributed by atoms with Crippen LogP contribution in [0.4, 0.5) is 4.79 Å². The molecule has 5 unspecified atom stereocenters. The van der Waals surface area contributed by atoms with Crippen molar-refractivity contribution in [1.29, 1.82) is 0 Å². The van der Waals surface area contributed by atoms with E-state index in [2.05, 4.69) is 36.4 Å². The molecule has 228 valence electrons. The third-order valence-corrected chi connectivity index (χ3v) is 9.35. The van der Waals surface area contributed by atoms with Crippen LogP contribution in [0.5, 0.6) is 0 Å². The molecular formula is C31H48N4O6. The Balaban J connectivity index is 1.54. The molecule has 0 aromatic heterocycles. The number of likely N-dealkylation sites (tertiary alicyclic amines) is 1. The quantitative estimate of drug-likeness (QED) is 0.257. The van der Waals surface area contributed by atoms with E-state index in [0.29, 0.717) is 13.0 Å². The van der Waals surface area contributed by atoms with Crippen LogP contribution in [0.1, 0.15) is 86.0 Å². The van der Waals surface area contributed by atoms with Gasteiger partial charge in [0.15, 0.2) is 0 Å². The number of hydrogen-bond acceptors (Lipinski definition) is 6. The van der Waals surface area contributed by atoms with Crippen LogP contribution in [-0.2, 0) is 23.9 Å². The molecule has 3 aliphatic carbocycles. The first kappa shape index (κ1) is 31.0. The Morgan fingerprint density at radius 1 is 1.02 bits per heavy atom. The second-order valence-corrected chi connectivity index (χ2v) is 14.0. The third-order valence-electron chi connectivity index (χ3n) is 9.35. The number of piperidine rings is 1. The lowest BCUT2D eigenvalue weighted by atomic mass is 9.83. The van der Waals surface area contributed by atoms with Gasteiger partial charge >= 0.3 is 6.09 Å². The Labute approximate surface area is 243 Å². The van der Waals surface area contributed by atoms with E-state index in [9.17, 15) is 24.0 Å². The van der Waals surface area contributed by atoms with Gasteiger partial charge in [-0.1, -0.05) is 52.0 Å². The minimum absolute atomic E-state index is 0.0461. The minimum atomic E-state index is -0.952. The topological polar surface area (TPSA) is 134 Å². The van der Waals surface area contributed by atoms with E-state index in [-0.39, 0.29) is 41.5 Å². The number of hydrogen-bond donors (Lipinski definition) is 3. The summed E-state index contributed by atoms with van der Waals surface area (Å²) >= 11 is 0. The summed E-state index contributed by atoms with van der Waals surface area (Å²) in [5.41, 5.74) is -0.845. The van der Waals surface area contributed by atoms with Gasteiger partial charge in [-0.3, -0.25) is 19.2 Å². The molecule has 0 radical (unpaired) electrons. The van der Waals surface area contributed by atoms with E-state index >= 15 is 0 Å². The lowest BCUT2D eigenvalue weighted by Gasteiger charge is -2.37. The molecule has 3 saturated carbocycles. The molecule has 4 amide bonds. The number of ketones is 1. The van der Waals surface area contributed by atoms with Gasteiger partial charge in [-0.25, -0.2) is 4.79 Å². The van der Waals surface area contributed by atoms with Crippen molar-refractivity contribution in [3.63, 3.8) is 0 Å². The average Bonchev–Trinajstić information content (AvgIpc) is 3.76. The zero-order valence-electron chi connectivity index (χ0n) is 25.3. The van der Waals surface area contributed by atoms with Gasteiger partial charge < -0.3 is 25.6 Å². The van der Waals surface area contributed by atoms with E-state index in [1.807, 2.05) is 0 Å². The fraction of sp³-hybridized carbons (Fsp3) is 0.774. The van der Waals surface area contributed by atoms with Crippen LogP contribution in [0.3, 0.4) is 0 Å². The zero-order valence-corrected chi connectivity index (χ0v) is 25.3. The number of amides is 4. The maximum Gasteiger partial charge on any atom is 0.408 e. The van der Waals surface area contributed by atoms with E-state index in [0.717, 1.165) is 44.9 Å². The highest BCUT2D eigenvalue weighted by atomic mass is 16.6. The summed E-state index contributed by atoms with van der Waals surface area (Å²) in [7, 11) is 0. The van der Waals surface area contributed by atoms with Crippen LogP contribution in [-0.4, -0.2) is 71.3 Å². The first-order chi connectivity index (χ1) is 19.2. The number of nitrogens with zero attached hydrogens (tertiary/aromatic N) is 1. The Kier molecular flexibility index (Phi) is 9.19. The van der Waals surface area contributed by atoms with E-state index < -0.39 is 47.4 Å². The van der Waals surface area contributed by atoms with Gasteiger partial charge in [0.1, 0.15) is 17.7 Å². The third kappa shape index (κ3) is 7.30. The molecule has 41 heavy (non-hydrogen) atoms. The van der Waals surface area contributed by atoms with Gasteiger partial charge in [-0.15, -0.1) is 6.58 Å². The van der Waals surface area contributed by atoms with Gasteiger partial charge in [0.2, 0.25) is 17.6 Å². The SMILES string of the molecule is C=CCNC(=O)C(=O)C(CC1CC1)NC(=O)C1C2C(CN1C(=O)C(NC(=O)OC(C)(C)C)C1CCCCC1)C2(C)C. The summed E-state index contributed by atoms with van der Waals surface area (Å²) < 4.78 is 5.50. The standard InChI is InChI=1S/C31H48N4O6/c1-7-15-32-27(38)25(36)21(16-18-13-14-18)33-26(37)24-22-20(31(22,5)6)17-35(24)28(39)23(19-11-9-8-10-12-19)34-29(40)41-30(2,3)4/h7,18-24H,1,8-17H2,2-6H3,(H,32,38)(H,33,37)(H,34,40). The summed E-state index contributed by atoms with van der Waals surface area (Å²) in [6.45, 7) is 13.6. The predicted octanol–water partition coefficient (Wildman–Crippen LogP) is 3.10. The van der Waals surface area contributed by atoms with E-state index in [4.69, 9.17) is 4.74 Å². The Hall–Kier alpha value is -2.91. The fourth-order valence-electron chi connectivity index (χ4n) is 6.86. The molecule has 3 N–H and O–H groups in total. The molecule has 0 aromatic carbocycles. The van der Waals surface area contributed by atoms with Crippen LogP contribution in [0.2, 0.25) is 0 Å². The molecule has 0 bridgehead atoms. The minimum Gasteiger partial charge on any atom is -0.444 e. The molecule has 0 aromatic rings. The molecule has 1 heterocycles. The van der Waals surface area contributed by atoms with Crippen molar-refractivity contribution in [2.24, 2.45) is 29.1 Å². The van der Waals surface area contributed by atoms with Crippen LogP contribution >= 0.6 is 0 Å². The van der Waals surface area contributed by atoms with Gasteiger partial charge in [-0.05, 0) is 69.1 Å². The predicted molar refractivity (Wildman–Crippen MR) is 153 cm³/mol. The Bertz CT molecular complexity index is 1060. The molecular weight excluding hydrogens is 524 g/mol. The highest BCUT2D eigenvalue weighted by Crippen LogP contribution is 2.65. The average molecular weight is 573 g/mol. The summed E-state index contributed by atoms with van der Waals surface area (Å²) in [5, 5.41) is 8.25. The Morgan fingerprint density at radius 3 is 2.27 bits per heavy atom. The largest absolute Gasteiger partial charge is 0.444 e. The number of carbonyl (C=O) groups is 5. The van der Waals surface area contributed by atoms with Crippen molar-refractivity contribution in [3.05, 3.63) is 12.7 Å². The number of fused-ring (bicyclic) bond motifs is 1. The molecule has 1 saturated heterocycles. The number of Topliss-reactive ketones (excluding diaryl/α,β-unsaturated/α-hetero) is 1. The van der Waals surface area contributed by atoms with E-state index in [1.54, 1.807) is 25.7 Å². The maximum atomic E-state index is 14.2. The molecule has 0 spiro atoms. The van der Waals surface area contributed by atoms with Crippen LogP contribution in [0.15, 0.2) is 12.7 Å². The molecule has 5 atom stereocenters. The summed E-state index contributed by atoms with van der Waals surface area (Å²) in [4.78, 5) is 68.1. The lowest BCUT2D eigenvalue weighted by molar-refractivity contribution is -0.145. The second-order valence-electron chi connectivity index (χ2n) is 14.0. The van der Waals surface area contributed by atoms with Crippen molar-refractivity contribution < 1.29 is 28.7 Å². The van der Waals surface area contributed by atoms with Crippen LogP contribution in [0, 0.1) is 29.1 Å². The number of ether oxygens (including phenoxy) is 1. The fourth-order valence-corrected chi connectivity index (χ4v) is 6.86. The zero-order chi connectivity index (χ0) is 30.1. The molecule has 4 rings (SSSR count). The second kappa shape index (κ2) is 12.1. The first-order valence-corrected chi connectivity index (χ1v) is 15.3. The number of rotatable bonds is 11. The van der Waals surface area contributed by atoms with Crippen molar-refractivity contribution in [3.8, 4) is 0 Å². The van der Waals surface area contributed by atoms with Crippen molar-refractivity contribution in [2.75, 3.05) is 13.1 Å². The maximum absolute atomic E-state index is 14.2. The highest BCUT2D eigenvalue weighted by Gasteiger charge is 2.69. The molecule has 10 nitrogen and oxygen atoms in total. The lowest BCUT2D eigenvalue weighted by Crippen LogP contribution is -2.60. The smallest absolute Gasteiger partial charge is 0.408 e. The van der Waals surface area contributed by atoms with Crippen molar-refractivity contribution in [2.45, 2.75) is 110 Å². The highest BCUT2D eigenvalue weighted by molar-refractivity contribution is 6.38. The summed E-state index contributed by atoms with van der Waals surface area (Å²) in [6, 6.07) is -2.53. The van der Waals surface area contributed by atoms with Gasteiger partial charge in [0.05, 0.1) is 6.04 Å². The van der Waals surface area contributed by atoms with Gasteiger partial charge in [-0.2, -0.15) is 0 Å². The number of carbonyl (C=O) groups excluding carboxylic acids is 5. The summed E-state index contributed by atoms with van der Waals surface area (Å²) in [5.74, 6) is -1.80. The molecule has 4 aliphatic rings. The Morgan fingerprint density at radius 2 is 1.68 bits per heavy atom.